The predicted octanol–water partition coefficient (Wildman–Crippen LogP) is 6.00. The summed E-state index contributed by atoms with van der Waals surface area (Å²) in [6.07, 6.45) is 12.2. The van der Waals surface area contributed by atoms with E-state index >= 15 is 0 Å². The average Bonchev–Trinajstić information content (AvgIpc) is 3.56. The van der Waals surface area contributed by atoms with E-state index in [0.29, 0.717) is 30.0 Å². The molecule has 2 aromatic rings. The van der Waals surface area contributed by atoms with E-state index in [-0.39, 0.29) is 17.6 Å². The summed E-state index contributed by atoms with van der Waals surface area (Å²) in [7, 11) is 1.80. The quantitative estimate of drug-likeness (QED) is 0.324. The number of rotatable bonds is 12. The summed E-state index contributed by atoms with van der Waals surface area (Å²) in [5.74, 6) is 3.08. The Bertz CT molecular complexity index is 1220. The zero-order valence-electron chi connectivity index (χ0n) is 25.4. The lowest BCUT2D eigenvalue weighted by Crippen LogP contribution is -2.69. The number of methoxy groups -OCH3 is 1. The molecule has 2 bridgehead atoms. The van der Waals surface area contributed by atoms with Crippen molar-refractivity contribution < 1.29 is 14.6 Å². The van der Waals surface area contributed by atoms with E-state index in [4.69, 9.17) is 9.47 Å². The number of hydrogen-bond donors (Lipinski definition) is 1. The van der Waals surface area contributed by atoms with Crippen LogP contribution in [0, 0.1) is 11.8 Å². The van der Waals surface area contributed by atoms with E-state index in [1.54, 1.807) is 7.11 Å². The minimum Gasteiger partial charge on any atom is -0.493 e. The van der Waals surface area contributed by atoms with Crippen LogP contribution in [0.1, 0.15) is 81.9 Å². The highest BCUT2D eigenvalue weighted by Gasteiger charge is 2.66. The van der Waals surface area contributed by atoms with E-state index in [9.17, 15) is 5.11 Å². The molecule has 7 rings (SSSR count). The second kappa shape index (κ2) is 11.2. The average molecular weight is 559 g/mol. The van der Waals surface area contributed by atoms with Crippen LogP contribution in [0.4, 0.5) is 0 Å². The number of aliphatic hydroxyl groups is 1. The van der Waals surface area contributed by atoms with Crippen LogP contribution in [-0.2, 0) is 18.3 Å². The third kappa shape index (κ3) is 4.80. The molecular weight excluding hydrogens is 508 g/mol. The molecule has 0 aromatic heterocycles. The van der Waals surface area contributed by atoms with Gasteiger partial charge in [0.15, 0.2) is 11.5 Å². The first-order valence-electron chi connectivity index (χ1n) is 16.6. The van der Waals surface area contributed by atoms with E-state index in [1.807, 2.05) is 0 Å². The van der Waals surface area contributed by atoms with Gasteiger partial charge in [-0.3, -0.25) is 9.80 Å². The van der Waals surface area contributed by atoms with Crippen molar-refractivity contribution in [2.24, 2.45) is 11.8 Å². The maximum absolute atomic E-state index is 10.1. The molecule has 0 radical (unpaired) electrons. The van der Waals surface area contributed by atoms with Gasteiger partial charge in [-0.15, -0.1) is 0 Å². The molecule has 2 unspecified atom stereocenters. The summed E-state index contributed by atoms with van der Waals surface area (Å²) in [5.41, 5.74) is 4.54. The fraction of sp³-hybridized carbons (Fsp3) is 0.667. The van der Waals surface area contributed by atoms with Crippen LogP contribution < -0.4 is 9.47 Å². The van der Waals surface area contributed by atoms with Crippen LogP contribution in [0.3, 0.4) is 0 Å². The van der Waals surface area contributed by atoms with Gasteiger partial charge in [0.25, 0.3) is 0 Å². The second-order valence-corrected chi connectivity index (χ2v) is 14.0. The molecule has 0 amide bonds. The number of aryl methyl sites for hydroxylation is 1. The summed E-state index contributed by atoms with van der Waals surface area (Å²) in [5, 5.41) is 10.1. The summed E-state index contributed by atoms with van der Waals surface area (Å²) in [6.45, 7) is 8.12. The van der Waals surface area contributed by atoms with Gasteiger partial charge in [0, 0.05) is 41.6 Å². The molecule has 2 saturated carbocycles. The predicted molar refractivity (Wildman–Crippen MR) is 164 cm³/mol. The maximum Gasteiger partial charge on any atom is 0.165 e. The van der Waals surface area contributed by atoms with Gasteiger partial charge in [-0.25, -0.2) is 0 Å². The molecule has 222 valence electrons. The highest BCUT2D eigenvalue weighted by molar-refractivity contribution is 5.61. The molecule has 1 saturated heterocycles. The molecular formula is C36H50N2O3. The maximum atomic E-state index is 10.1. The first-order valence-corrected chi connectivity index (χ1v) is 16.6. The third-order valence-corrected chi connectivity index (χ3v) is 11.5. The molecule has 1 N–H and O–H groups in total. The van der Waals surface area contributed by atoms with Crippen molar-refractivity contribution in [1.29, 1.82) is 0 Å². The van der Waals surface area contributed by atoms with E-state index < -0.39 is 0 Å². The normalized spacial score (nSPS) is 33.1. The fourth-order valence-corrected chi connectivity index (χ4v) is 9.47. The van der Waals surface area contributed by atoms with Crippen molar-refractivity contribution in [2.75, 3.05) is 26.7 Å². The number of ether oxygens (including phenoxy) is 2. The number of piperidine rings is 1. The topological polar surface area (TPSA) is 45.2 Å². The highest BCUT2D eigenvalue weighted by atomic mass is 16.5. The minimum absolute atomic E-state index is 0.0751. The van der Waals surface area contributed by atoms with Crippen molar-refractivity contribution in [3.8, 4) is 11.5 Å². The lowest BCUT2D eigenvalue weighted by molar-refractivity contribution is -0.0947. The van der Waals surface area contributed by atoms with Crippen LogP contribution in [0.2, 0.25) is 0 Å². The van der Waals surface area contributed by atoms with Crippen molar-refractivity contribution in [3.63, 3.8) is 0 Å². The number of hydrogen-bond acceptors (Lipinski definition) is 5. The van der Waals surface area contributed by atoms with Crippen LogP contribution in [-0.4, -0.2) is 72.0 Å². The molecule has 5 nitrogen and oxygen atoms in total. The number of unbranched alkanes of at least 4 members (excludes halogenated alkanes) is 3. The third-order valence-electron chi connectivity index (χ3n) is 11.5. The largest absolute Gasteiger partial charge is 0.493 e. The number of likely N-dealkylation sites (tertiary alicyclic amines) is 1. The molecule has 1 spiro atoms. The Morgan fingerprint density at radius 1 is 1.07 bits per heavy atom. The SMILES string of the molecule is COc1ccc2c3c1O[C@H]1[C@H](N(CCCCCCc4ccccc4)C(C)C)CC[C@H]4[C@@H](C2)N(CC2CC2O)CC[C@@]341. The van der Waals surface area contributed by atoms with Gasteiger partial charge < -0.3 is 14.6 Å². The summed E-state index contributed by atoms with van der Waals surface area (Å²) in [6, 6.07) is 16.9. The van der Waals surface area contributed by atoms with Crippen molar-refractivity contribution in [2.45, 2.75) is 114 Å². The van der Waals surface area contributed by atoms with Crippen molar-refractivity contribution in [1.82, 2.24) is 9.80 Å². The minimum atomic E-state index is -0.0751. The zero-order chi connectivity index (χ0) is 28.1. The first-order chi connectivity index (χ1) is 20.0. The van der Waals surface area contributed by atoms with Crippen molar-refractivity contribution in [3.05, 3.63) is 59.2 Å². The molecule has 41 heavy (non-hydrogen) atoms. The monoisotopic (exact) mass is 558 g/mol. The van der Waals surface area contributed by atoms with Crippen LogP contribution in [0.15, 0.2) is 42.5 Å². The van der Waals surface area contributed by atoms with E-state index in [0.717, 1.165) is 50.4 Å². The molecule has 2 aromatic carbocycles. The van der Waals surface area contributed by atoms with Crippen LogP contribution in [0.25, 0.3) is 0 Å². The van der Waals surface area contributed by atoms with Crippen LogP contribution in [0.5, 0.6) is 11.5 Å². The van der Waals surface area contributed by atoms with Gasteiger partial charge in [0.1, 0.15) is 6.10 Å². The number of aliphatic hydroxyl groups excluding tert-OH is 1. The zero-order valence-corrected chi connectivity index (χ0v) is 25.4. The van der Waals surface area contributed by atoms with Gasteiger partial charge in [0.2, 0.25) is 0 Å². The Labute approximate surface area is 247 Å². The summed E-state index contributed by atoms with van der Waals surface area (Å²) >= 11 is 0. The fourth-order valence-electron chi connectivity index (χ4n) is 9.47. The molecule has 7 atom stereocenters. The molecule has 3 fully saturated rings. The van der Waals surface area contributed by atoms with Gasteiger partial charge >= 0.3 is 0 Å². The van der Waals surface area contributed by atoms with Gasteiger partial charge in [-0.05, 0) is 101 Å². The second-order valence-electron chi connectivity index (χ2n) is 14.0. The van der Waals surface area contributed by atoms with Gasteiger partial charge in [-0.1, -0.05) is 49.2 Å². The molecule has 3 aliphatic carbocycles. The molecule has 2 aliphatic heterocycles. The number of nitrogens with zero attached hydrogens (tertiary/aromatic N) is 2. The summed E-state index contributed by atoms with van der Waals surface area (Å²) < 4.78 is 13.1. The lowest BCUT2D eigenvalue weighted by Gasteiger charge is -2.61. The van der Waals surface area contributed by atoms with Crippen LogP contribution >= 0.6 is 0 Å². The lowest BCUT2D eigenvalue weighted by atomic mass is 9.51. The Morgan fingerprint density at radius 2 is 1.88 bits per heavy atom. The van der Waals surface area contributed by atoms with Gasteiger partial charge in [-0.2, -0.15) is 0 Å². The van der Waals surface area contributed by atoms with Gasteiger partial charge in [0.05, 0.1) is 13.2 Å². The molecule has 5 heteroatoms. The van der Waals surface area contributed by atoms with Crippen molar-refractivity contribution >= 4 is 0 Å². The Morgan fingerprint density at radius 3 is 2.63 bits per heavy atom. The standard InChI is InChI=1S/C36H50N2O3/c1-24(2)38(19-10-5-4-7-11-25-12-8-6-9-13-25)29-16-15-28-30-21-26-14-17-32(40-3)34-33(26)36(28,35(29)41-34)18-20-37(30)23-27-22-31(27)39/h6,8-9,12-14,17,24,27-31,35,39H,4-5,7,10-11,15-16,18-23H2,1-3H3/t27?,28-,29+,30+,31?,35-,36-/m0/s1. The Kier molecular flexibility index (Phi) is 7.58. The molecule has 5 aliphatic rings. The van der Waals surface area contributed by atoms with E-state index in [2.05, 4.69) is 66.1 Å². The smallest absolute Gasteiger partial charge is 0.165 e. The molecule has 2 heterocycles. The number of benzene rings is 2. The Balaban J connectivity index is 1.09. The Hall–Kier alpha value is -2.08. The highest BCUT2D eigenvalue weighted by Crippen LogP contribution is 2.64. The summed E-state index contributed by atoms with van der Waals surface area (Å²) in [4.78, 5) is 5.57. The van der Waals surface area contributed by atoms with E-state index in [1.165, 1.54) is 61.6 Å². The first kappa shape index (κ1) is 27.7.